The number of sulfonamides is 1. The van der Waals surface area contributed by atoms with E-state index >= 15 is 0 Å². The average molecular weight is 457 g/mol. The summed E-state index contributed by atoms with van der Waals surface area (Å²) in [5.74, 6) is 0.561. The van der Waals surface area contributed by atoms with E-state index in [0.717, 1.165) is 48.6 Å². The predicted octanol–water partition coefficient (Wildman–Crippen LogP) is 3.73. The van der Waals surface area contributed by atoms with Crippen molar-refractivity contribution in [1.29, 1.82) is 0 Å². The molecule has 0 spiro atoms. The lowest BCUT2D eigenvalue weighted by molar-refractivity contribution is -0.120. The monoisotopic (exact) mass is 456 g/mol. The Hall–Kier alpha value is -2.45. The van der Waals surface area contributed by atoms with Crippen molar-refractivity contribution >= 4 is 27.4 Å². The van der Waals surface area contributed by atoms with Gasteiger partial charge >= 0.3 is 0 Å². The Bertz CT molecular complexity index is 1070. The number of aromatic nitrogens is 1. The SMILES string of the molecule is Cc1ccc(S(=O)(=O)N2CCC(C(=O)Nc3cccnc3N3CCCCC3)CC2)cc1C. The van der Waals surface area contributed by atoms with E-state index in [2.05, 4.69) is 15.2 Å². The molecule has 1 N–H and O–H groups in total. The first-order valence-electron chi connectivity index (χ1n) is 11.4. The second kappa shape index (κ2) is 9.58. The Morgan fingerprint density at radius 3 is 2.41 bits per heavy atom. The maximum atomic E-state index is 13.0. The molecular formula is C24H32N4O3S. The normalized spacial score (nSPS) is 18.5. The van der Waals surface area contributed by atoms with E-state index in [9.17, 15) is 13.2 Å². The van der Waals surface area contributed by atoms with Gasteiger partial charge in [-0.25, -0.2) is 13.4 Å². The topological polar surface area (TPSA) is 82.6 Å². The van der Waals surface area contributed by atoms with Crippen LogP contribution in [0.3, 0.4) is 0 Å². The molecule has 0 saturated carbocycles. The van der Waals surface area contributed by atoms with Gasteiger partial charge in [-0.3, -0.25) is 4.79 Å². The molecule has 2 saturated heterocycles. The summed E-state index contributed by atoms with van der Waals surface area (Å²) in [6.45, 7) is 6.48. The molecule has 8 heteroatoms. The van der Waals surface area contributed by atoms with Crippen molar-refractivity contribution < 1.29 is 13.2 Å². The Morgan fingerprint density at radius 2 is 1.72 bits per heavy atom. The molecule has 7 nitrogen and oxygen atoms in total. The highest BCUT2D eigenvalue weighted by Gasteiger charge is 2.32. The van der Waals surface area contributed by atoms with Gasteiger partial charge in [0, 0.05) is 38.3 Å². The number of nitrogens with one attached hydrogen (secondary N) is 1. The number of carbonyl (C=O) groups is 1. The summed E-state index contributed by atoms with van der Waals surface area (Å²) < 4.78 is 27.6. The number of pyridine rings is 1. The van der Waals surface area contributed by atoms with E-state index in [1.165, 1.54) is 10.7 Å². The Morgan fingerprint density at radius 1 is 1.00 bits per heavy atom. The predicted molar refractivity (Wildman–Crippen MR) is 126 cm³/mol. The van der Waals surface area contributed by atoms with Crippen LogP contribution in [0.4, 0.5) is 11.5 Å². The zero-order valence-electron chi connectivity index (χ0n) is 18.9. The molecular weight excluding hydrogens is 424 g/mol. The summed E-state index contributed by atoms with van der Waals surface area (Å²) >= 11 is 0. The van der Waals surface area contributed by atoms with Crippen molar-refractivity contribution in [1.82, 2.24) is 9.29 Å². The number of benzene rings is 1. The number of carbonyl (C=O) groups excluding carboxylic acids is 1. The first kappa shape index (κ1) is 22.7. The first-order valence-corrected chi connectivity index (χ1v) is 12.9. The molecule has 1 amide bonds. The van der Waals surface area contributed by atoms with Crippen molar-refractivity contribution in [3.8, 4) is 0 Å². The second-order valence-corrected chi connectivity index (χ2v) is 10.8. The summed E-state index contributed by atoms with van der Waals surface area (Å²) in [6.07, 6.45) is 6.28. The van der Waals surface area contributed by atoms with Crippen LogP contribution in [-0.4, -0.2) is 49.8 Å². The molecule has 2 aliphatic heterocycles. The average Bonchev–Trinajstić information content (AvgIpc) is 2.82. The quantitative estimate of drug-likeness (QED) is 0.741. The van der Waals surface area contributed by atoms with Crippen LogP contribution >= 0.6 is 0 Å². The fourth-order valence-corrected chi connectivity index (χ4v) is 6.02. The summed E-state index contributed by atoms with van der Waals surface area (Å²) in [4.78, 5) is 20.1. The van der Waals surface area contributed by atoms with Gasteiger partial charge in [0.2, 0.25) is 15.9 Å². The van der Waals surface area contributed by atoms with Crippen LogP contribution < -0.4 is 10.2 Å². The molecule has 0 atom stereocenters. The minimum Gasteiger partial charge on any atom is -0.355 e. The van der Waals surface area contributed by atoms with Gasteiger partial charge in [0.05, 0.1) is 10.6 Å². The van der Waals surface area contributed by atoms with Crippen molar-refractivity contribution in [2.45, 2.75) is 50.8 Å². The third-order valence-electron chi connectivity index (χ3n) is 6.64. The summed E-state index contributed by atoms with van der Waals surface area (Å²) in [6, 6.07) is 8.97. The van der Waals surface area contributed by atoms with Gasteiger partial charge in [0.25, 0.3) is 0 Å². The third-order valence-corrected chi connectivity index (χ3v) is 8.54. The molecule has 4 rings (SSSR count). The van der Waals surface area contributed by atoms with Gasteiger partial charge < -0.3 is 10.2 Å². The molecule has 2 fully saturated rings. The van der Waals surface area contributed by atoms with Crippen LogP contribution in [0.5, 0.6) is 0 Å². The third kappa shape index (κ3) is 4.81. The summed E-state index contributed by atoms with van der Waals surface area (Å²) in [5.41, 5.74) is 2.77. The number of nitrogens with zero attached hydrogens (tertiary/aromatic N) is 3. The highest BCUT2D eigenvalue weighted by Crippen LogP contribution is 2.29. The number of anilines is 2. The van der Waals surface area contributed by atoms with Gasteiger partial charge in [0.15, 0.2) is 5.82 Å². The van der Waals surface area contributed by atoms with Crippen molar-refractivity contribution in [3.63, 3.8) is 0 Å². The van der Waals surface area contributed by atoms with Gasteiger partial charge in [0.1, 0.15) is 0 Å². The fraction of sp³-hybridized carbons (Fsp3) is 0.500. The standard InChI is InChI=1S/C24H32N4O3S/c1-18-8-9-21(17-19(18)2)32(30,31)28-15-10-20(11-16-28)24(29)26-22-7-6-12-25-23(22)27-13-4-3-5-14-27/h6-9,12,17,20H,3-5,10-11,13-16H2,1-2H3,(H,26,29). The van der Waals surface area contributed by atoms with Gasteiger partial charge in [-0.15, -0.1) is 0 Å². The molecule has 0 aliphatic carbocycles. The maximum Gasteiger partial charge on any atom is 0.243 e. The highest BCUT2D eigenvalue weighted by molar-refractivity contribution is 7.89. The first-order chi connectivity index (χ1) is 15.4. The molecule has 1 aromatic carbocycles. The van der Waals surface area contributed by atoms with E-state index in [1.807, 2.05) is 32.0 Å². The lowest BCUT2D eigenvalue weighted by atomic mass is 9.97. The van der Waals surface area contributed by atoms with E-state index < -0.39 is 10.0 Å². The van der Waals surface area contributed by atoms with Crippen LogP contribution in [0, 0.1) is 19.8 Å². The van der Waals surface area contributed by atoms with Crippen LogP contribution in [-0.2, 0) is 14.8 Å². The minimum atomic E-state index is -3.55. The largest absolute Gasteiger partial charge is 0.355 e. The Kier molecular flexibility index (Phi) is 6.81. The highest BCUT2D eigenvalue weighted by atomic mass is 32.2. The van der Waals surface area contributed by atoms with E-state index in [0.29, 0.717) is 30.8 Å². The van der Waals surface area contributed by atoms with E-state index in [1.54, 1.807) is 18.3 Å². The Balaban J connectivity index is 1.39. The lowest BCUT2D eigenvalue weighted by Gasteiger charge is -2.32. The summed E-state index contributed by atoms with van der Waals surface area (Å²) in [7, 11) is -3.55. The molecule has 2 aliphatic rings. The zero-order chi connectivity index (χ0) is 22.7. The van der Waals surface area contributed by atoms with E-state index in [4.69, 9.17) is 0 Å². The number of hydrogen-bond donors (Lipinski definition) is 1. The molecule has 2 aromatic rings. The van der Waals surface area contributed by atoms with Crippen molar-refractivity contribution in [2.24, 2.45) is 5.92 Å². The van der Waals surface area contributed by atoms with Crippen molar-refractivity contribution in [3.05, 3.63) is 47.7 Å². The van der Waals surface area contributed by atoms with Crippen LogP contribution in [0.1, 0.15) is 43.2 Å². The molecule has 0 unspecified atom stereocenters. The number of rotatable bonds is 5. The minimum absolute atomic E-state index is 0.0560. The molecule has 172 valence electrons. The van der Waals surface area contributed by atoms with Crippen LogP contribution in [0.25, 0.3) is 0 Å². The number of piperidine rings is 2. The smallest absolute Gasteiger partial charge is 0.243 e. The number of hydrogen-bond acceptors (Lipinski definition) is 5. The molecule has 0 bridgehead atoms. The number of amides is 1. The molecule has 3 heterocycles. The maximum absolute atomic E-state index is 13.0. The lowest BCUT2D eigenvalue weighted by Crippen LogP contribution is -2.41. The fourth-order valence-electron chi connectivity index (χ4n) is 4.47. The van der Waals surface area contributed by atoms with Gasteiger partial charge in [-0.2, -0.15) is 4.31 Å². The summed E-state index contributed by atoms with van der Waals surface area (Å²) in [5, 5.41) is 3.07. The number of aryl methyl sites for hydroxylation is 2. The van der Waals surface area contributed by atoms with Gasteiger partial charge in [-0.05, 0) is 81.3 Å². The van der Waals surface area contributed by atoms with E-state index in [-0.39, 0.29) is 11.8 Å². The van der Waals surface area contributed by atoms with Crippen LogP contribution in [0.15, 0.2) is 41.4 Å². The second-order valence-electron chi connectivity index (χ2n) is 8.84. The van der Waals surface area contributed by atoms with Gasteiger partial charge in [-0.1, -0.05) is 6.07 Å². The van der Waals surface area contributed by atoms with Crippen molar-refractivity contribution in [2.75, 3.05) is 36.4 Å². The molecule has 32 heavy (non-hydrogen) atoms. The van der Waals surface area contributed by atoms with Crippen LogP contribution in [0.2, 0.25) is 0 Å². The zero-order valence-corrected chi connectivity index (χ0v) is 19.7. The Labute approximate surface area is 190 Å². The molecule has 1 aromatic heterocycles. The molecule has 0 radical (unpaired) electrons.